The molecule has 52 valence electrons. The quantitative estimate of drug-likeness (QED) is 0.345. The first-order valence-corrected chi connectivity index (χ1v) is 2.13. The third kappa shape index (κ3) is 10.9. The maximum Gasteiger partial charge on any atom is 1.00 e. The van der Waals surface area contributed by atoms with Crippen molar-refractivity contribution in [2.45, 2.75) is 12.5 Å². The number of carbonyl (C=O) groups excluding carboxylic acids is 2. The van der Waals surface area contributed by atoms with Crippen molar-refractivity contribution in [3.05, 3.63) is 0 Å². The van der Waals surface area contributed by atoms with Crippen LogP contribution in [-0.2, 0) is 9.59 Å². The SMILES string of the molecule is O=[13C]([O-])[13CH2][13C@H](O)[13C](=O)[O-].[Na+].[Na+]. The van der Waals surface area contributed by atoms with E-state index in [1.165, 1.54) is 0 Å². The summed E-state index contributed by atoms with van der Waals surface area (Å²) in [5.41, 5.74) is 0. The van der Waals surface area contributed by atoms with E-state index in [9.17, 15) is 19.8 Å². The van der Waals surface area contributed by atoms with Crippen LogP contribution in [0.1, 0.15) is 6.42 Å². The van der Waals surface area contributed by atoms with Crippen molar-refractivity contribution < 1.29 is 84.0 Å². The largest absolute Gasteiger partial charge is 1.00 e. The molecule has 0 fully saturated rings. The molecule has 0 aromatic carbocycles. The number of hydrogen-bond acceptors (Lipinski definition) is 5. The monoisotopic (exact) mass is 182 g/mol. The van der Waals surface area contributed by atoms with Crippen LogP contribution in [0.2, 0.25) is 0 Å². The van der Waals surface area contributed by atoms with Gasteiger partial charge in [0.2, 0.25) is 0 Å². The van der Waals surface area contributed by atoms with Gasteiger partial charge >= 0.3 is 59.1 Å². The molecule has 11 heavy (non-hydrogen) atoms. The number of aliphatic hydroxyl groups excluding tert-OH is 1. The number of aliphatic hydroxyl groups is 1. The Morgan fingerprint density at radius 3 is 1.73 bits per heavy atom. The van der Waals surface area contributed by atoms with Crippen molar-refractivity contribution in [3.63, 3.8) is 0 Å². The number of aliphatic carboxylic acids is 2. The normalized spacial score (nSPS) is 10.3. The summed E-state index contributed by atoms with van der Waals surface area (Å²) in [7, 11) is 0. The zero-order chi connectivity index (χ0) is 7.44. The second-order valence-corrected chi connectivity index (χ2v) is 1.41. The maximum atomic E-state index is 9.58. The summed E-state index contributed by atoms with van der Waals surface area (Å²) >= 11 is 0. The Labute approximate surface area is 107 Å². The molecule has 1 atom stereocenters. The molecule has 0 saturated heterocycles. The molecule has 0 radical (unpaired) electrons. The van der Waals surface area contributed by atoms with Gasteiger partial charge in [-0.1, -0.05) is 0 Å². The van der Waals surface area contributed by atoms with Crippen molar-refractivity contribution in [1.29, 1.82) is 0 Å². The second-order valence-electron chi connectivity index (χ2n) is 1.41. The van der Waals surface area contributed by atoms with Crippen LogP contribution in [0.25, 0.3) is 0 Å². The van der Waals surface area contributed by atoms with E-state index in [4.69, 9.17) is 5.11 Å². The first-order valence-electron chi connectivity index (χ1n) is 2.13. The van der Waals surface area contributed by atoms with Gasteiger partial charge in [-0.25, -0.2) is 0 Å². The zero-order valence-electron chi connectivity index (χ0n) is 6.36. The topological polar surface area (TPSA) is 100 Å². The molecule has 0 aliphatic carbocycles. The molecule has 0 rings (SSSR count). The van der Waals surface area contributed by atoms with Crippen molar-refractivity contribution in [2.24, 2.45) is 0 Å². The molecule has 0 bridgehead atoms. The molecule has 0 spiro atoms. The third-order valence-electron chi connectivity index (χ3n) is 0.632. The van der Waals surface area contributed by atoms with Gasteiger partial charge in [-0.15, -0.1) is 0 Å². The van der Waals surface area contributed by atoms with Crippen LogP contribution < -0.4 is 69.3 Å². The zero-order valence-corrected chi connectivity index (χ0v) is 10.4. The fraction of sp³-hybridized carbons (Fsp3) is 0.500. The van der Waals surface area contributed by atoms with Gasteiger partial charge < -0.3 is 24.9 Å². The molecule has 0 amide bonds. The van der Waals surface area contributed by atoms with E-state index in [2.05, 4.69) is 0 Å². The van der Waals surface area contributed by atoms with Gasteiger partial charge in [-0.3, -0.25) is 0 Å². The summed E-state index contributed by atoms with van der Waals surface area (Å²) in [4.78, 5) is 19.1. The van der Waals surface area contributed by atoms with Gasteiger partial charge in [0.1, 0.15) is 0 Å². The number of hydrogen-bond donors (Lipinski definition) is 1. The summed E-state index contributed by atoms with van der Waals surface area (Å²) in [6.07, 6.45) is -2.89. The van der Waals surface area contributed by atoms with Crippen molar-refractivity contribution in [2.75, 3.05) is 0 Å². The molecule has 0 aromatic rings. The first kappa shape index (κ1) is 17.8. The van der Waals surface area contributed by atoms with Crippen LogP contribution >= 0.6 is 0 Å². The van der Waals surface area contributed by atoms with E-state index in [-0.39, 0.29) is 59.1 Å². The minimum atomic E-state index is -1.96. The first-order chi connectivity index (χ1) is 4.04. The van der Waals surface area contributed by atoms with Gasteiger partial charge in [0.15, 0.2) is 0 Å². The Morgan fingerprint density at radius 1 is 1.27 bits per heavy atom. The third-order valence-corrected chi connectivity index (χ3v) is 0.632. The van der Waals surface area contributed by atoms with Crippen LogP contribution in [0.15, 0.2) is 0 Å². The standard InChI is InChI=1S/C4H6O5.2Na/c5-2(4(8)9)1-3(6)7;;/h2,5H,1H2,(H,6,7)(H,8,9);;/q;2*+1/p-2/t2-;;/m0../s1/i1+1,2+1,3+1,4+1;;. The number of carboxylic acids is 2. The molecular formula is C4H4Na2O5. The van der Waals surface area contributed by atoms with E-state index in [0.29, 0.717) is 0 Å². The second kappa shape index (κ2) is 8.99. The molecule has 1 N–H and O–H groups in total. The minimum Gasteiger partial charge on any atom is -0.550 e. The molecule has 7 heteroatoms. The molecule has 0 unspecified atom stereocenters. The summed E-state index contributed by atoms with van der Waals surface area (Å²) in [5.74, 6) is -3.43. The van der Waals surface area contributed by atoms with E-state index in [0.717, 1.165) is 0 Å². The number of carboxylic acid groups (broad SMARTS) is 2. The van der Waals surface area contributed by atoms with Gasteiger partial charge in [0.05, 0.1) is 12.1 Å². The molecular weight excluding hydrogens is 178 g/mol. The minimum absolute atomic E-state index is 0. The van der Waals surface area contributed by atoms with Crippen LogP contribution in [-0.4, -0.2) is 23.1 Å². The molecule has 0 aliphatic heterocycles. The fourth-order valence-electron chi connectivity index (χ4n) is 0.241. The average Bonchev–Trinajstić information content (AvgIpc) is 1.63. The predicted octanol–water partition coefficient (Wildman–Crippen LogP) is -9.75. The Kier molecular flexibility index (Phi) is 14.6. The van der Waals surface area contributed by atoms with E-state index in [1.807, 2.05) is 0 Å². The van der Waals surface area contributed by atoms with Gasteiger partial charge in [-0.05, 0) is 0 Å². The Balaban J connectivity index is -0.000000320. The van der Waals surface area contributed by atoms with Crippen LogP contribution in [0, 0.1) is 0 Å². The smallest absolute Gasteiger partial charge is 0.550 e. The van der Waals surface area contributed by atoms with Gasteiger partial charge in [0.25, 0.3) is 0 Å². The molecule has 5 nitrogen and oxygen atoms in total. The van der Waals surface area contributed by atoms with E-state index in [1.54, 1.807) is 0 Å². The molecule has 0 aromatic heterocycles. The van der Waals surface area contributed by atoms with E-state index >= 15 is 0 Å². The summed E-state index contributed by atoms with van der Waals surface area (Å²) in [5, 5.41) is 27.3. The van der Waals surface area contributed by atoms with Crippen LogP contribution in [0.5, 0.6) is 0 Å². The van der Waals surface area contributed by atoms with Gasteiger partial charge in [0, 0.05) is 12.4 Å². The Bertz CT molecular complexity index is 136. The Morgan fingerprint density at radius 2 is 1.64 bits per heavy atom. The summed E-state index contributed by atoms with van der Waals surface area (Å²) in [6.45, 7) is 0. The van der Waals surface area contributed by atoms with Gasteiger partial charge in [-0.2, -0.15) is 0 Å². The van der Waals surface area contributed by atoms with Crippen LogP contribution in [0.3, 0.4) is 0 Å². The van der Waals surface area contributed by atoms with Crippen LogP contribution in [0.4, 0.5) is 0 Å². The van der Waals surface area contributed by atoms with Crippen molar-refractivity contribution in [1.82, 2.24) is 0 Å². The fourth-order valence-corrected chi connectivity index (χ4v) is 0.241. The number of carbonyl (C=O) groups is 2. The molecule has 0 heterocycles. The van der Waals surface area contributed by atoms with E-state index < -0.39 is 24.5 Å². The summed E-state index contributed by atoms with van der Waals surface area (Å²) < 4.78 is 0. The molecule has 0 saturated carbocycles. The average molecular weight is 182 g/mol. The predicted molar refractivity (Wildman–Crippen MR) is 20.6 cm³/mol. The molecule has 0 aliphatic rings. The van der Waals surface area contributed by atoms with Crippen molar-refractivity contribution >= 4 is 11.9 Å². The summed E-state index contributed by atoms with van der Waals surface area (Å²) in [6, 6.07) is 0. The van der Waals surface area contributed by atoms with Crippen molar-refractivity contribution in [3.8, 4) is 0 Å². The Hall–Kier alpha value is 0.900. The number of rotatable bonds is 3. The maximum absolute atomic E-state index is 9.58.